The first-order valence-electron chi connectivity index (χ1n) is 14.8. The quantitative estimate of drug-likeness (QED) is 0.170. The summed E-state index contributed by atoms with van der Waals surface area (Å²) in [7, 11) is 0. The summed E-state index contributed by atoms with van der Waals surface area (Å²) in [4.78, 5) is 19.8. The molecule has 232 valence electrons. The van der Waals surface area contributed by atoms with Crippen LogP contribution in [-0.2, 0) is 4.74 Å². The summed E-state index contributed by atoms with van der Waals surface area (Å²) in [5.74, 6) is 1.27. The van der Waals surface area contributed by atoms with Crippen molar-refractivity contribution in [1.29, 1.82) is 0 Å². The third kappa shape index (κ3) is 7.29. The van der Waals surface area contributed by atoms with Crippen LogP contribution in [0.15, 0.2) is 58.7 Å². The topological polar surface area (TPSA) is 151 Å². The van der Waals surface area contributed by atoms with Gasteiger partial charge in [0.1, 0.15) is 23.8 Å². The molecule has 1 aromatic carbocycles. The second kappa shape index (κ2) is 14.1. The molecule has 3 aromatic heterocycles. The minimum atomic E-state index is -0.195. The van der Waals surface area contributed by atoms with Crippen molar-refractivity contribution in [3.05, 3.63) is 54.3 Å². The van der Waals surface area contributed by atoms with Crippen LogP contribution in [0.3, 0.4) is 0 Å². The van der Waals surface area contributed by atoms with Crippen molar-refractivity contribution in [2.75, 3.05) is 38.2 Å². The lowest BCUT2D eigenvalue weighted by Crippen LogP contribution is -2.45. The molecule has 1 saturated carbocycles. The number of anilines is 2. The number of hydrogen-bond donors (Lipinski definition) is 2. The molecule has 4 heterocycles. The van der Waals surface area contributed by atoms with Gasteiger partial charge < -0.3 is 29.7 Å². The van der Waals surface area contributed by atoms with Crippen molar-refractivity contribution in [2.24, 2.45) is 10.7 Å². The maximum Gasteiger partial charge on any atom is 0.400 e. The predicted molar refractivity (Wildman–Crippen MR) is 166 cm³/mol. The van der Waals surface area contributed by atoms with Crippen molar-refractivity contribution in [3.63, 3.8) is 0 Å². The molecule has 0 unspecified atom stereocenters. The summed E-state index contributed by atoms with van der Waals surface area (Å²) in [5.41, 5.74) is 7.62. The SMILES string of the molecule is C[C@@H](CN=CN)Oc1cc(-c2cnc(Nc3cn(C4CCC(N5CCOCC5)CC4)nc3Oc3ncco3)nc2)ccc1Cl. The summed E-state index contributed by atoms with van der Waals surface area (Å²) >= 11 is 6.38. The lowest BCUT2D eigenvalue weighted by Gasteiger charge is -2.38. The number of ether oxygens (including phenoxy) is 3. The van der Waals surface area contributed by atoms with Gasteiger partial charge in [-0.3, -0.25) is 14.6 Å². The van der Waals surface area contributed by atoms with Gasteiger partial charge in [-0.15, -0.1) is 5.10 Å². The number of aliphatic imine (C=N–C) groups is 1. The van der Waals surface area contributed by atoms with Gasteiger partial charge in [-0.1, -0.05) is 17.7 Å². The zero-order chi connectivity index (χ0) is 30.3. The largest absolute Gasteiger partial charge is 0.487 e. The molecule has 0 bridgehead atoms. The Balaban J connectivity index is 1.16. The molecule has 0 spiro atoms. The fraction of sp³-hybridized carbons (Fsp3) is 0.433. The van der Waals surface area contributed by atoms with E-state index in [-0.39, 0.29) is 18.2 Å². The monoisotopic (exact) mass is 621 g/mol. The van der Waals surface area contributed by atoms with Crippen LogP contribution >= 0.6 is 11.6 Å². The fourth-order valence-corrected chi connectivity index (χ4v) is 5.76. The van der Waals surface area contributed by atoms with Gasteiger partial charge in [-0.25, -0.2) is 9.97 Å². The summed E-state index contributed by atoms with van der Waals surface area (Å²) in [5, 5.41) is 8.53. The van der Waals surface area contributed by atoms with E-state index < -0.39 is 0 Å². The van der Waals surface area contributed by atoms with Gasteiger partial charge in [-0.05, 0) is 50.3 Å². The zero-order valence-corrected chi connectivity index (χ0v) is 25.3. The highest BCUT2D eigenvalue weighted by Gasteiger charge is 2.29. The second-order valence-electron chi connectivity index (χ2n) is 10.8. The summed E-state index contributed by atoms with van der Waals surface area (Å²) < 4.78 is 24.7. The van der Waals surface area contributed by atoms with Crippen molar-refractivity contribution in [2.45, 2.75) is 50.8 Å². The molecular weight excluding hydrogens is 586 g/mol. The van der Waals surface area contributed by atoms with Crippen molar-refractivity contribution in [3.8, 4) is 28.8 Å². The fourth-order valence-electron chi connectivity index (χ4n) is 5.60. The second-order valence-corrected chi connectivity index (χ2v) is 11.3. The van der Waals surface area contributed by atoms with Gasteiger partial charge in [0.25, 0.3) is 5.88 Å². The molecule has 1 aliphatic carbocycles. The molecule has 3 N–H and O–H groups in total. The van der Waals surface area contributed by atoms with E-state index in [9.17, 15) is 0 Å². The molecule has 2 fully saturated rings. The Hall–Kier alpha value is -4.20. The average Bonchev–Trinajstić information content (AvgIpc) is 3.72. The van der Waals surface area contributed by atoms with Gasteiger partial charge in [0.2, 0.25) is 5.95 Å². The Bertz CT molecular complexity index is 1520. The predicted octanol–water partition coefficient (Wildman–Crippen LogP) is 5.09. The van der Waals surface area contributed by atoms with Crippen molar-refractivity contribution < 1.29 is 18.6 Å². The number of hydrogen-bond acceptors (Lipinski definition) is 11. The Labute approximate surface area is 260 Å². The van der Waals surface area contributed by atoms with E-state index in [2.05, 4.69) is 30.2 Å². The van der Waals surface area contributed by atoms with E-state index in [0.29, 0.717) is 40.9 Å². The molecule has 1 atom stereocenters. The normalized spacial score (nSPS) is 20.0. The van der Waals surface area contributed by atoms with Gasteiger partial charge >= 0.3 is 6.08 Å². The molecule has 14 heteroatoms. The summed E-state index contributed by atoms with van der Waals surface area (Å²) in [6.07, 6.45) is 13.8. The van der Waals surface area contributed by atoms with Crippen LogP contribution < -0.4 is 20.5 Å². The van der Waals surface area contributed by atoms with E-state index in [1.807, 2.05) is 29.9 Å². The van der Waals surface area contributed by atoms with Gasteiger partial charge in [0.05, 0.1) is 49.6 Å². The lowest BCUT2D eigenvalue weighted by molar-refractivity contribution is 0.00503. The standard InChI is InChI=1S/C30H36ClN9O4/c1-20(15-33-19-32)43-27-14-21(2-7-25(27)31)22-16-35-29(36-17-22)37-26-18-40(38-28(26)44-30-34-8-11-42-30)24-5-3-23(4-6-24)39-9-12-41-13-10-39/h2,7-8,11,14,16-20,23-24H,3-6,9-10,12-13,15H2,1H3,(H2,32,33)(H,35,36,37)/t20-,23?,24?/m0/s1. The first kappa shape index (κ1) is 29.9. The molecule has 1 aliphatic heterocycles. The Morgan fingerprint density at radius 3 is 2.61 bits per heavy atom. The van der Waals surface area contributed by atoms with E-state index in [4.69, 9.17) is 41.1 Å². The number of nitrogens with zero attached hydrogens (tertiary/aromatic N) is 7. The number of oxazole rings is 1. The van der Waals surface area contributed by atoms with E-state index >= 15 is 0 Å². The molecule has 4 aromatic rings. The van der Waals surface area contributed by atoms with Crippen LogP contribution in [0.2, 0.25) is 5.02 Å². The zero-order valence-electron chi connectivity index (χ0n) is 24.5. The maximum atomic E-state index is 6.38. The van der Waals surface area contributed by atoms with Crippen LogP contribution in [0.5, 0.6) is 17.7 Å². The van der Waals surface area contributed by atoms with Crippen molar-refractivity contribution in [1.82, 2.24) is 29.6 Å². The van der Waals surface area contributed by atoms with E-state index in [1.54, 1.807) is 18.5 Å². The minimum Gasteiger partial charge on any atom is -0.487 e. The molecule has 44 heavy (non-hydrogen) atoms. The number of halogens is 1. The highest BCUT2D eigenvalue weighted by atomic mass is 35.5. The minimum absolute atomic E-state index is 0.107. The highest BCUT2D eigenvalue weighted by molar-refractivity contribution is 6.32. The number of aromatic nitrogens is 5. The first-order chi connectivity index (χ1) is 21.6. The van der Waals surface area contributed by atoms with E-state index in [1.165, 1.54) is 18.8 Å². The summed E-state index contributed by atoms with van der Waals surface area (Å²) in [6.45, 7) is 5.98. The Morgan fingerprint density at radius 1 is 1.11 bits per heavy atom. The third-order valence-electron chi connectivity index (χ3n) is 7.85. The first-order valence-corrected chi connectivity index (χ1v) is 15.2. The lowest BCUT2D eigenvalue weighted by atomic mass is 9.90. The van der Waals surface area contributed by atoms with E-state index in [0.717, 1.165) is 63.1 Å². The molecule has 6 rings (SSSR count). The molecule has 13 nitrogen and oxygen atoms in total. The highest BCUT2D eigenvalue weighted by Crippen LogP contribution is 2.36. The van der Waals surface area contributed by atoms with Crippen molar-refractivity contribution >= 4 is 29.6 Å². The van der Waals surface area contributed by atoms with Gasteiger partial charge in [0, 0.05) is 37.1 Å². The Morgan fingerprint density at radius 2 is 1.89 bits per heavy atom. The average molecular weight is 622 g/mol. The third-order valence-corrected chi connectivity index (χ3v) is 8.17. The molecule has 1 saturated heterocycles. The molecule has 0 radical (unpaired) electrons. The number of rotatable bonds is 11. The molecule has 2 aliphatic rings. The molecule has 0 amide bonds. The Kier molecular flexibility index (Phi) is 9.54. The van der Waals surface area contributed by atoms with Gasteiger partial charge in [-0.2, -0.15) is 4.98 Å². The smallest absolute Gasteiger partial charge is 0.400 e. The molecular formula is C30H36ClN9O4. The van der Waals surface area contributed by atoms with Gasteiger partial charge in [0.15, 0.2) is 0 Å². The number of nitrogens with two attached hydrogens (primary N) is 1. The summed E-state index contributed by atoms with van der Waals surface area (Å²) in [6, 6.07) is 6.38. The maximum absolute atomic E-state index is 6.38. The van der Waals surface area contributed by atoms with Crippen LogP contribution in [0.25, 0.3) is 11.1 Å². The number of nitrogens with one attached hydrogen (secondary N) is 1. The number of morpholine rings is 1. The van der Waals surface area contributed by atoms with Crippen LogP contribution in [0.4, 0.5) is 11.6 Å². The number of benzene rings is 1. The van der Waals surface area contributed by atoms with Crippen LogP contribution in [0, 0.1) is 0 Å². The van der Waals surface area contributed by atoms with Crippen LogP contribution in [-0.4, -0.2) is 81.0 Å². The van der Waals surface area contributed by atoms with Crippen LogP contribution in [0.1, 0.15) is 38.6 Å².